The van der Waals surface area contributed by atoms with E-state index < -0.39 is 0 Å². The molecule has 1 heterocycles. The molecule has 5 heteroatoms. The fourth-order valence-corrected chi connectivity index (χ4v) is 2.39. The maximum Gasteiger partial charge on any atom is 0.137 e. The second-order valence-corrected chi connectivity index (χ2v) is 4.89. The van der Waals surface area contributed by atoms with Gasteiger partial charge in [-0.25, -0.2) is 14.4 Å². The molecule has 0 aliphatic heterocycles. The molecule has 0 radical (unpaired) electrons. The van der Waals surface area contributed by atoms with Gasteiger partial charge in [0.15, 0.2) is 0 Å². The summed E-state index contributed by atoms with van der Waals surface area (Å²) in [6.07, 6.45) is 1.73. The Labute approximate surface area is 110 Å². The lowest BCUT2D eigenvalue weighted by atomic mass is 10.3. The minimum absolute atomic E-state index is 0.253. The second kappa shape index (κ2) is 5.82. The molecule has 1 aromatic heterocycles. The molecule has 94 valence electrons. The smallest absolute Gasteiger partial charge is 0.137 e. The molecule has 2 aromatic rings. The Kier molecular flexibility index (Phi) is 4.15. The van der Waals surface area contributed by atoms with E-state index in [9.17, 15) is 4.39 Å². The lowest BCUT2D eigenvalue weighted by Crippen LogP contribution is -2.00. The van der Waals surface area contributed by atoms with Crippen molar-refractivity contribution in [1.29, 1.82) is 0 Å². The normalized spacial score (nSPS) is 10.6. The van der Waals surface area contributed by atoms with Crippen LogP contribution in [0.1, 0.15) is 19.2 Å². The highest BCUT2D eigenvalue weighted by atomic mass is 32.2. The first-order chi connectivity index (χ1) is 8.69. The third-order valence-corrected chi connectivity index (χ3v) is 3.26. The van der Waals surface area contributed by atoms with E-state index in [-0.39, 0.29) is 5.82 Å². The molecule has 0 saturated carbocycles. The zero-order chi connectivity index (χ0) is 13.0. The minimum atomic E-state index is -0.253. The van der Waals surface area contributed by atoms with Gasteiger partial charge in [0.1, 0.15) is 22.5 Å². The van der Waals surface area contributed by atoms with Gasteiger partial charge in [-0.3, -0.25) is 0 Å². The number of nitrogen functional groups attached to an aromatic ring is 1. The molecule has 1 aromatic carbocycles. The van der Waals surface area contributed by atoms with Crippen LogP contribution in [0.2, 0.25) is 0 Å². The van der Waals surface area contributed by atoms with Gasteiger partial charge in [0.2, 0.25) is 0 Å². The quantitative estimate of drug-likeness (QED) is 0.860. The average Bonchev–Trinajstić information content (AvgIpc) is 2.32. The number of aryl methyl sites for hydroxylation is 1. The Bertz CT molecular complexity index is 546. The molecule has 0 saturated heterocycles. The Balaban J connectivity index is 2.26. The molecule has 0 aliphatic carbocycles. The lowest BCUT2D eigenvalue weighted by Gasteiger charge is -2.05. The van der Waals surface area contributed by atoms with Crippen molar-refractivity contribution >= 4 is 17.6 Å². The average molecular weight is 263 g/mol. The molecule has 0 aliphatic rings. The van der Waals surface area contributed by atoms with Gasteiger partial charge < -0.3 is 5.73 Å². The fourth-order valence-electron chi connectivity index (χ4n) is 1.52. The van der Waals surface area contributed by atoms with Crippen molar-refractivity contribution < 1.29 is 4.39 Å². The second-order valence-electron chi connectivity index (χ2n) is 3.83. The number of aromatic nitrogens is 2. The monoisotopic (exact) mass is 263 g/mol. The molecular formula is C13H14FN3S. The first-order valence-corrected chi connectivity index (χ1v) is 6.56. The van der Waals surface area contributed by atoms with E-state index >= 15 is 0 Å². The predicted octanol–water partition coefficient (Wildman–Crippen LogP) is 3.30. The number of hydrogen-bond acceptors (Lipinski definition) is 4. The Morgan fingerprint density at radius 2 is 2.06 bits per heavy atom. The van der Waals surface area contributed by atoms with E-state index in [0.29, 0.717) is 21.6 Å². The Morgan fingerprint density at radius 3 is 2.78 bits per heavy atom. The summed E-state index contributed by atoms with van der Waals surface area (Å²) in [5.74, 6) is 0.875. The van der Waals surface area contributed by atoms with Crippen LogP contribution in [0.5, 0.6) is 0 Å². The number of anilines is 1. The van der Waals surface area contributed by atoms with E-state index in [0.717, 1.165) is 12.8 Å². The van der Waals surface area contributed by atoms with E-state index in [1.807, 2.05) is 0 Å². The molecule has 0 bridgehead atoms. The van der Waals surface area contributed by atoms with Gasteiger partial charge in [0, 0.05) is 17.4 Å². The maximum absolute atomic E-state index is 13.5. The van der Waals surface area contributed by atoms with Crippen LogP contribution in [-0.4, -0.2) is 9.97 Å². The summed E-state index contributed by atoms with van der Waals surface area (Å²) in [5, 5.41) is 0.677. The molecule has 2 rings (SSSR count). The fraction of sp³-hybridized carbons (Fsp3) is 0.231. The summed E-state index contributed by atoms with van der Waals surface area (Å²) in [4.78, 5) is 9.05. The molecule has 0 fully saturated rings. The zero-order valence-electron chi connectivity index (χ0n) is 10.1. The van der Waals surface area contributed by atoms with Gasteiger partial charge in [-0.05, 0) is 18.6 Å². The van der Waals surface area contributed by atoms with Gasteiger partial charge in [-0.15, -0.1) is 0 Å². The van der Waals surface area contributed by atoms with Crippen molar-refractivity contribution in [3.05, 3.63) is 42.0 Å². The van der Waals surface area contributed by atoms with Crippen LogP contribution in [0.25, 0.3) is 0 Å². The number of rotatable bonds is 4. The summed E-state index contributed by atoms with van der Waals surface area (Å²) in [7, 11) is 0. The topological polar surface area (TPSA) is 51.8 Å². The number of nitrogens with zero attached hydrogens (tertiary/aromatic N) is 2. The maximum atomic E-state index is 13.5. The number of benzene rings is 1. The lowest BCUT2D eigenvalue weighted by molar-refractivity contribution is 0.602. The van der Waals surface area contributed by atoms with Crippen molar-refractivity contribution in [2.24, 2.45) is 0 Å². The van der Waals surface area contributed by atoms with Crippen LogP contribution in [0, 0.1) is 5.82 Å². The highest BCUT2D eigenvalue weighted by Gasteiger charge is 2.07. The van der Waals surface area contributed by atoms with Crippen LogP contribution in [-0.2, 0) is 6.42 Å². The highest BCUT2D eigenvalue weighted by molar-refractivity contribution is 7.99. The summed E-state index contributed by atoms with van der Waals surface area (Å²) < 4.78 is 13.5. The zero-order valence-corrected chi connectivity index (χ0v) is 10.9. The van der Waals surface area contributed by atoms with Crippen molar-refractivity contribution in [2.45, 2.75) is 29.7 Å². The summed E-state index contributed by atoms with van der Waals surface area (Å²) in [6.45, 7) is 2.05. The van der Waals surface area contributed by atoms with E-state index in [1.165, 1.54) is 17.8 Å². The van der Waals surface area contributed by atoms with Gasteiger partial charge in [0.25, 0.3) is 0 Å². The third-order valence-electron chi connectivity index (χ3n) is 2.29. The Hall–Kier alpha value is -1.62. The van der Waals surface area contributed by atoms with Crippen LogP contribution >= 0.6 is 11.8 Å². The van der Waals surface area contributed by atoms with Gasteiger partial charge in [-0.2, -0.15) is 0 Å². The van der Waals surface area contributed by atoms with E-state index in [1.54, 1.807) is 24.3 Å². The standard InChI is InChI=1S/C13H14FN3S/c1-2-5-12-16-11(15)8-13(17-12)18-10-7-4-3-6-9(10)14/h3-4,6-8H,2,5H2,1H3,(H2,15,16,17). The number of nitrogens with two attached hydrogens (primary N) is 1. The van der Waals surface area contributed by atoms with Crippen LogP contribution in [0.3, 0.4) is 0 Å². The summed E-state index contributed by atoms with van der Waals surface area (Å²) in [6, 6.07) is 8.27. The largest absolute Gasteiger partial charge is 0.384 e. The third kappa shape index (κ3) is 3.20. The van der Waals surface area contributed by atoms with E-state index in [2.05, 4.69) is 16.9 Å². The predicted molar refractivity (Wildman–Crippen MR) is 71.0 cm³/mol. The Morgan fingerprint density at radius 1 is 1.28 bits per heavy atom. The van der Waals surface area contributed by atoms with Gasteiger partial charge in [-0.1, -0.05) is 30.8 Å². The summed E-state index contributed by atoms with van der Waals surface area (Å²) in [5.41, 5.74) is 5.72. The van der Waals surface area contributed by atoms with Crippen LogP contribution in [0.4, 0.5) is 10.2 Å². The molecule has 0 spiro atoms. The molecule has 18 heavy (non-hydrogen) atoms. The van der Waals surface area contributed by atoms with Crippen molar-refractivity contribution in [2.75, 3.05) is 5.73 Å². The van der Waals surface area contributed by atoms with Gasteiger partial charge in [0.05, 0.1) is 0 Å². The minimum Gasteiger partial charge on any atom is -0.384 e. The molecular weight excluding hydrogens is 249 g/mol. The SMILES string of the molecule is CCCc1nc(N)cc(Sc2ccccc2F)n1. The number of halogens is 1. The molecule has 2 N–H and O–H groups in total. The summed E-state index contributed by atoms with van der Waals surface area (Å²) >= 11 is 1.26. The first kappa shape index (κ1) is 12.8. The van der Waals surface area contributed by atoms with Gasteiger partial charge >= 0.3 is 0 Å². The first-order valence-electron chi connectivity index (χ1n) is 5.75. The molecule has 0 amide bonds. The van der Waals surface area contributed by atoms with Crippen LogP contribution in [0.15, 0.2) is 40.3 Å². The van der Waals surface area contributed by atoms with Crippen molar-refractivity contribution in [3.63, 3.8) is 0 Å². The van der Waals surface area contributed by atoms with Crippen molar-refractivity contribution in [1.82, 2.24) is 9.97 Å². The molecule has 3 nitrogen and oxygen atoms in total. The van der Waals surface area contributed by atoms with E-state index in [4.69, 9.17) is 5.73 Å². The van der Waals surface area contributed by atoms with Crippen molar-refractivity contribution in [3.8, 4) is 0 Å². The molecule has 0 atom stereocenters. The molecule has 0 unspecified atom stereocenters. The highest BCUT2D eigenvalue weighted by Crippen LogP contribution is 2.28. The number of hydrogen-bond donors (Lipinski definition) is 1. The van der Waals surface area contributed by atoms with Crippen LogP contribution < -0.4 is 5.73 Å².